The van der Waals surface area contributed by atoms with Crippen LogP contribution in [0.3, 0.4) is 0 Å². The average molecular weight is 459 g/mol. The van der Waals surface area contributed by atoms with E-state index in [1.54, 1.807) is 6.92 Å². The fraction of sp³-hybridized carbons (Fsp3) is 0.455. The zero-order valence-electron chi connectivity index (χ0n) is 17.6. The molecule has 1 aromatic carbocycles. The van der Waals surface area contributed by atoms with Crippen molar-refractivity contribution in [3.63, 3.8) is 0 Å². The highest BCUT2D eigenvalue weighted by molar-refractivity contribution is 6.31. The third-order valence-corrected chi connectivity index (χ3v) is 7.26. The molecule has 0 spiro atoms. The van der Waals surface area contributed by atoms with E-state index in [1.807, 2.05) is 0 Å². The maximum absolute atomic E-state index is 13.5. The molecule has 0 radical (unpaired) electrons. The SMILES string of the molecule is COC(=O)c1ccc2c(c1O)C(=O)C1C(=O)[C@]3(O)C(=O)C(C(N)=O)C(=O)CC3[C@@H](O)C1[C@H]2C. The highest BCUT2D eigenvalue weighted by atomic mass is 16.5. The number of ether oxygens (including phenoxy) is 1. The quantitative estimate of drug-likeness (QED) is 0.303. The number of phenols is 1. The Bertz CT molecular complexity index is 1160. The summed E-state index contributed by atoms with van der Waals surface area (Å²) >= 11 is 0. The van der Waals surface area contributed by atoms with Gasteiger partial charge in [-0.1, -0.05) is 13.0 Å². The van der Waals surface area contributed by atoms with Crippen molar-refractivity contribution in [2.45, 2.75) is 31.0 Å². The van der Waals surface area contributed by atoms with Crippen molar-refractivity contribution in [3.8, 4) is 5.75 Å². The number of methoxy groups -OCH3 is 1. The number of benzene rings is 1. The van der Waals surface area contributed by atoms with Crippen LogP contribution in [0.1, 0.15) is 45.5 Å². The van der Waals surface area contributed by atoms with Gasteiger partial charge in [0.05, 0.1) is 24.7 Å². The highest BCUT2D eigenvalue weighted by Crippen LogP contribution is 2.54. The Balaban J connectivity index is 1.90. The van der Waals surface area contributed by atoms with E-state index < -0.39 is 88.5 Å². The Morgan fingerprint density at radius 1 is 1.15 bits per heavy atom. The van der Waals surface area contributed by atoms with Gasteiger partial charge in [-0.15, -0.1) is 0 Å². The molecule has 4 rings (SSSR count). The number of fused-ring (bicyclic) bond motifs is 3. The first-order chi connectivity index (χ1) is 15.4. The maximum atomic E-state index is 13.5. The van der Waals surface area contributed by atoms with Crippen molar-refractivity contribution >= 4 is 35.0 Å². The van der Waals surface area contributed by atoms with Crippen molar-refractivity contribution in [2.24, 2.45) is 29.4 Å². The third-order valence-electron chi connectivity index (χ3n) is 7.26. The zero-order chi connectivity index (χ0) is 24.6. The number of primary amides is 1. The Morgan fingerprint density at radius 2 is 1.79 bits per heavy atom. The van der Waals surface area contributed by atoms with Gasteiger partial charge in [-0.2, -0.15) is 0 Å². The molecule has 0 bridgehead atoms. The molecule has 11 heteroatoms. The Hall–Kier alpha value is -3.44. The Labute approximate surface area is 186 Å². The number of rotatable bonds is 2. The van der Waals surface area contributed by atoms with E-state index in [9.17, 15) is 44.1 Å². The lowest BCUT2D eigenvalue weighted by Gasteiger charge is -2.52. The molecule has 5 N–H and O–H groups in total. The van der Waals surface area contributed by atoms with Crippen LogP contribution in [0.5, 0.6) is 5.75 Å². The monoisotopic (exact) mass is 459 g/mol. The number of carbonyl (C=O) groups is 6. The van der Waals surface area contributed by atoms with Crippen LogP contribution in [0.4, 0.5) is 0 Å². The topological polar surface area (TPSA) is 198 Å². The second kappa shape index (κ2) is 7.29. The number of aliphatic hydroxyl groups excluding tert-OH is 1. The van der Waals surface area contributed by atoms with E-state index in [2.05, 4.69) is 4.74 Å². The number of carbonyl (C=O) groups excluding carboxylic acids is 6. The minimum Gasteiger partial charge on any atom is -0.506 e. The second-order valence-electron chi connectivity index (χ2n) is 8.72. The molecule has 7 atom stereocenters. The molecule has 1 aromatic rings. The predicted octanol–water partition coefficient (Wildman–Crippen LogP) is -1.35. The highest BCUT2D eigenvalue weighted by Gasteiger charge is 2.69. The smallest absolute Gasteiger partial charge is 0.341 e. The number of hydrogen-bond acceptors (Lipinski definition) is 10. The standard InChI is InChI=1S/C22H21NO10/c1-6-7-3-4-8(21(31)33-2)15(25)12(7)17(27)14-11(6)16(26)9-5-10(24)13(20(23)30)18(28)22(9,32)19(14)29/h3-4,6,9,11,13-14,16,25-26,32H,5H2,1-2H3,(H2,23,30)/t6-,9?,11?,13?,14?,16+,22+/m0/s1. The molecule has 0 aromatic heterocycles. The van der Waals surface area contributed by atoms with E-state index in [4.69, 9.17) is 5.73 Å². The molecule has 0 saturated heterocycles. The summed E-state index contributed by atoms with van der Waals surface area (Å²) < 4.78 is 4.58. The largest absolute Gasteiger partial charge is 0.506 e. The van der Waals surface area contributed by atoms with E-state index in [0.717, 1.165) is 7.11 Å². The fourth-order valence-corrected chi connectivity index (χ4v) is 5.63. The molecular formula is C22H21NO10. The molecule has 3 aliphatic rings. The molecule has 33 heavy (non-hydrogen) atoms. The van der Waals surface area contributed by atoms with Gasteiger partial charge in [0.25, 0.3) is 0 Å². The van der Waals surface area contributed by atoms with Gasteiger partial charge in [-0.05, 0) is 17.5 Å². The molecule has 2 fully saturated rings. The van der Waals surface area contributed by atoms with Gasteiger partial charge in [-0.25, -0.2) is 4.79 Å². The summed E-state index contributed by atoms with van der Waals surface area (Å²) in [4.78, 5) is 75.8. The summed E-state index contributed by atoms with van der Waals surface area (Å²) in [7, 11) is 1.07. The molecular weight excluding hydrogens is 438 g/mol. The first-order valence-corrected chi connectivity index (χ1v) is 10.2. The summed E-state index contributed by atoms with van der Waals surface area (Å²) in [6, 6.07) is 2.63. The van der Waals surface area contributed by atoms with Crippen LogP contribution < -0.4 is 5.73 Å². The number of aromatic hydroxyl groups is 1. The molecule has 174 valence electrons. The van der Waals surface area contributed by atoms with Gasteiger partial charge in [0.15, 0.2) is 34.7 Å². The number of hydrogen-bond donors (Lipinski definition) is 4. The van der Waals surface area contributed by atoms with Gasteiger partial charge in [-0.3, -0.25) is 24.0 Å². The van der Waals surface area contributed by atoms with Gasteiger partial charge in [0.2, 0.25) is 5.91 Å². The number of aliphatic hydroxyl groups is 2. The van der Waals surface area contributed by atoms with Crippen LogP contribution in [0, 0.1) is 23.7 Å². The number of ketones is 4. The Morgan fingerprint density at radius 3 is 2.36 bits per heavy atom. The van der Waals surface area contributed by atoms with Crippen LogP contribution >= 0.6 is 0 Å². The van der Waals surface area contributed by atoms with Crippen LogP contribution in [-0.2, 0) is 23.9 Å². The van der Waals surface area contributed by atoms with E-state index >= 15 is 0 Å². The van der Waals surface area contributed by atoms with E-state index in [1.165, 1.54) is 12.1 Å². The predicted molar refractivity (Wildman–Crippen MR) is 106 cm³/mol. The molecule has 4 unspecified atom stereocenters. The fourth-order valence-electron chi connectivity index (χ4n) is 5.63. The molecule has 3 aliphatic carbocycles. The van der Waals surface area contributed by atoms with E-state index in [0.29, 0.717) is 0 Å². The number of Topliss-reactive ketones (excluding diaryl/α,β-unsaturated/α-hetero) is 4. The number of nitrogens with two attached hydrogens (primary N) is 1. The number of amides is 1. The number of phenolic OH excluding ortho intramolecular Hbond substituents is 1. The summed E-state index contributed by atoms with van der Waals surface area (Å²) in [6.45, 7) is 1.57. The summed E-state index contributed by atoms with van der Waals surface area (Å²) in [6.07, 6.45) is -2.30. The molecule has 0 heterocycles. The van der Waals surface area contributed by atoms with Crippen LogP contribution in [0.15, 0.2) is 12.1 Å². The van der Waals surface area contributed by atoms with Crippen molar-refractivity contribution in [3.05, 3.63) is 28.8 Å². The Kier molecular flexibility index (Phi) is 5.02. The molecule has 0 aliphatic heterocycles. The summed E-state index contributed by atoms with van der Waals surface area (Å²) in [5, 5.41) is 32.9. The normalized spacial score (nSPS) is 35.4. The summed E-state index contributed by atoms with van der Waals surface area (Å²) in [5.41, 5.74) is 1.68. The summed E-state index contributed by atoms with van der Waals surface area (Å²) in [5.74, 6) is -15.0. The maximum Gasteiger partial charge on any atom is 0.341 e. The van der Waals surface area contributed by atoms with Gasteiger partial charge in [0.1, 0.15) is 11.3 Å². The lowest BCUT2D eigenvalue weighted by atomic mass is 9.50. The molecule has 11 nitrogen and oxygen atoms in total. The minimum atomic E-state index is -2.99. The van der Waals surface area contributed by atoms with Crippen molar-refractivity contribution in [1.82, 2.24) is 0 Å². The first-order valence-electron chi connectivity index (χ1n) is 10.2. The van der Waals surface area contributed by atoms with Crippen LogP contribution in [0.2, 0.25) is 0 Å². The lowest BCUT2D eigenvalue weighted by molar-refractivity contribution is -0.189. The lowest BCUT2D eigenvalue weighted by Crippen LogP contribution is -2.72. The van der Waals surface area contributed by atoms with Gasteiger partial charge in [0, 0.05) is 18.3 Å². The minimum absolute atomic E-state index is 0.243. The van der Waals surface area contributed by atoms with E-state index in [-0.39, 0.29) is 16.7 Å². The van der Waals surface area contributed by atoms with Crippen LogP contribution in [-0.4, -0.2) is 69.1 Å². The van der Waals surface area contributed by atoms with Crippen molar-refractivity contribution < 1.29 is 48.8 Å². The number of esters is 1. The van der Waals surface area contributed by atoms with Gasteiger partial charge < -0.3 is 25.8 Å². The van der Waals surface area contributed by atoms with Crippen molar-refractivity contribution in [2.75, 3.05) is 7.11 Å². The van der Waals surface area contributed by atoms with Crippen LogP contribution in [0.25, 0.3) is 0 Å². The second-order valence-corrected chi connectivity index (χ2v) is 8.72. The average Bonchev–Trinajstić information content (AvgIpc) is 2.75. The molecule has 2 saturated carbocycles. The van der Waals surface area contributed by atoms with Gasteiger partial charge >= 0.3 is 5.97 Å². The molecule has 1 amide bonds. The first kappa shape index (κ1) is 22.7. The third kappa shape index (κ3) is 2.75. The zero-order valence-corrected chi connectivity index (χ0v) is 17.6. The van der Waals surface area contributed by atoms with Crippen molar-refractivity contribution in [1.29, 1.82) is 0 Å².